The van der Waals surface area contributed by atoms with Crippen LogP contribution in [0, 0.1) is 0 Å². The molecule has 0 aliphatic carbocycles. The van der Waals surface area contributed by atoms with Gasteiger partial charge in [-0.05, 0) is 29.8 Å². The molecule has 0 aliphatic heterocycles. The summed E-state index contributed by atoms with van der Waals surface area (Å²) in [6.07, 6.45) is 1.64. The molecule has 4 nitrogen and oxygen atoms in total. The summed E-state index contributed by atoms with van der Waals surface area (Å²) in [7, 11) is 0. The highest BCUT2D eigenvalue weighted by Gasteiger charge is 2.07. The third-order valence-electron chi connectivity index (χ3n) is 3.37. The van der Waals surface area contributed by atoms with Gasteiger partial charge in [0.2, 0.25) is 11.8 Å². The standard InChI is InChI=1S/C18H18N2O2/c1-2-17-19-20-18(22-17)15-8-10-16(11-9-15)21-13-12-14-6-4-3-5-7-14/h3-11H,2,12-13H2,1H3. The average Bonchev–Trinajstić information content (AvgIpc) is 3.06. The fourth-order valence-corrected chi connectivity index (χ4v) is 2.14. The van der Waals surface area contributed by atoms with E-state index < -0.39 is 0 Å². The molecule has 0 saturated carbocycles. The van der Waals surface area contributed by atoms with E-state index in [1.54, 1.807) is 0 Å². The predicted octanol–water partition coefficient (Wildman–Crippen LogP) is 3.92. The number of hydrogen-bond acceptors (Lipinski definition) is 4. The Bertz CT molecular complexity index is 705. The summed E-state index contributed by atoms with van der Waals surface area (Å²) in [5.74, 6) is 2.04. The zero-order valence-electron chi connectivity index (χ0n) is 12.5. The first kappa shape index (κ1) is 14.3. The first-order chi connectivity index (χ1) is 10.8. The highest BCUT2D eigenvalue weighted by molar-refractivity contribution is 5.53. The number of nitrogens with zero attached hydrogens (tertiary/aromatic N) is 2. The van der Waals surface area contributed by atoms with Crippen LogP contribution in [-0.2, 0) is 12.8 Å². The number of aryl methyl sites for hydroxylation is 1. The third kappa shape index (κ3) is 3.52. The molecule has 0 saturated heterocycles. The van der Waals surface area contributed by atoms with E-state index in [2.05, 4.69) is 22.3 Å². The lowest BCUT2D eigenvalue weighted by Crippen LogP contribution is -2.00. The van der Waals surface area contributed by atoms with Gasteiger partial charge in [0.25, 0.3) is 0 Å². The molecule has 0 amide bonds. The molecule has 1 aromatic heterocycles. The van der Waals surface area contributed by atoms with Gasteiger partial charge in [-0.2, -0.15) is 0 Å². The van der Waals surface area contributed by atoms with Crippen LogP contribution < -0.4 is 4.74 Å². The molecule has 112 valence electrons. The van der Waals surface area contributed by atoms with Gasteiger partial charge in [0.1, 0.15) is 5.75 Å². The number of ether oxygens (including phenoxy) is 1. The van der Waals surface area contributed by atoms with Crippen LogP contribution in [0.1, 0.15) is 18.4 Å². The second-order valence-corrected chi connectivity index (χ2v) is 4.96. The van der Waals surface area contributed by atoms with Crippen molar-refractivity contribution in [2.24, 2.45) is 0 Å². The maximum Gasteiger partial charge on any atom is 0.247 e. The van der Waals surface area contributed by atoms with Crippen molar-refractivity contribution in [3.8, 4) is 17.2 Å². The number of benzene rings is 2. The van der Waals surface area contributed by atoms with Gasteiger partial charge >= 0.3 is 0 Å². The number of rotatable bonds is 6. The largest absolute Gasteiger partial charge is 0.493 e. The fourth-order valence-electron chi connectivity index (χ4n) is 2.14. The Morgan fingerprint density at radius 3 is 2.41 bits per heavy atom. The highest BCUT2D eigenvalue weighted by atomic mass is 16.5. The van der Waals surface area contributed by atoms with Gasteiger partial charge in [0.05, 0.1) is 6.61 Å². The lowest BCUT2D eigenvalue weighted by Gasteiger charge is -2.06. The van der Waals surface area contributed by atoms with Crippen molar-refractivity contribution in [1.29, 1.82) is 0 Å². The topological polar surface area (TPSA) is 48.2 Å². The molecule has 0 spiro atoms. The minimum absolute atomic E-state index is 0.549. The van der Waals surface area contributed by atoms with Gasteiger partial charge in [-0.3, -0.25) is 0 Å². The fraction of sp³-hybridized carbons (Fsp3) is 0.222. The lowest BCUT2D eigenvalue weighted by molar-refractivity contribution is 0.322. The molecular weight excluding hydrogens is 276 g/mol. The Balaban J connectivity index is 1.57. The predicted molar refractivity (Wildman–Crippen MR) is 84.8 cm³/mol. The van der Waals surface area contributed by atoms with E-state index >= 15 is 0 Å². The summed E-state index contributed by atoms with van der Waals surface area (Å²) in [4.78, 5) is 0. The third-order valence-corrected chi connectivity index (χ3v) is 3.37. The second-order valence-electron chi connectivity index (χ2n) is 4.96. The molecule has 0 bridgehead atoms. The van der Waals surface area contributed by atoms with Gasteiger partial charge in [0, 0.05) is 18.4 Å². The zero-order valence-corrected chi connectivity index (χ0v) is 12.5. The van der Waals surface area contributed by atoms with E-state index in [1.165, 1.54) is 5.56 Å². The van der Waals surface area contributed by atoms with Crippen LogP contribution >= 0.6 is 0 Å². The summed E-state index contributed by atoms with van der Waals surface area (Å²) >= 11 is 0. The maximum absolute atomic E-state index is 5.76. The van der Waals surface area contributed by atoms with Gasteiger partial charge in [-0.1, -0.05) is 37.3 Å². The molecule has 0 fully saturated rings. The van der Waals surface area contributed by atoms with Gasteiger partial charge in [0.15, 0.2) is 0 Å². The minimum atomic E-state index is 0.549. The first-order valence-corrected chi connectivity index (χ1v) is 7.44. The van der Waals surface area contributed by atoms with E-state index in [1.807, 2.05) is 49.4 Å². The van der Waals surface area contributed by atoms with E-state index in [0.29, 0.717) is 18.4 Å². The van der Waals surface area contributed by atoms with E-state index in [-0.39, 0.29) is 0 Å². The molecule has 0 radical (unpaired) electrons. The first-order valence-electron chi connectivity index (χ1n) is 7.44. The smallest absolute Gasteiger partial charge is 0.247 e. The van der Waals surface area contributed by atoms with Gasteiger partial charge in [-0.15, -0.1) is 10.2 Å². The molecule has 3 rings (SSSR count). The van der Waals surface area contributed by atoms with Crippen LogP contribution in [0.25, 0.3) is 11.5 Å². The van der Waals surface area contributed by atoms with Crippen LogP contribution in [0.15, 0.2) is 59.0 Å². The molecule has 0 N–H and O–H groups in total. The Labute approximate surface area is 129 Å². The summed E-state index contributed by atoms with van der Waals surface area (Å²) < 4.78 is 11.3. The van der Waals surface area contributed by atoms with E-state index in [9.17, 15) is 0 Å². The van der Waals surface area contributed by atoms with Crippen LogP contribution in [0.2, 0.25) is 0 Å². The van der Waals surface area contributed by atoms with Crippen LogP contribution in [0.5, 0.6) is 5.75 Å². The summed E-state index contributed by atoms with van der Waals surface area (Å²) in [6, 6.07) is 18.0. The maximum atomic E-state index is 5.76. The molecule has 2 aromatic carbocycles. The SMILES string of the molecule is CCc1nnc(-c2ccc(OCCc3ccccc3)cc2)o1. The van der Waals surface area contributed by atoms with Crippen molar-refractivity contribution in [3.05, 3.63) is 66.1 Å². The van der Waals surface area contributed by atoms with Crippen LogP contribution in [0.3, 0.4) is 0 Å². The lowest BCUT2D eigenvalue weighted by atomic mass is 10.2. The Kier molecular flexibility index (Phi) is 4.49. The Hall–Kier alpha value is -2.62. The van der Waals surface area contributed by atoms with Gasteiger partial charge < -0.3 is 9.15 Å². The highest BCUT2D eigenvalue weighted by Crippen LogP contribution is 2.21. The molecule has 0 atom stereocenters. The Morgan fingerprint density at radius 1 is 0.955 bits per heavy atom. The monoisotopic (exact) mass is 294 g/mol. The van der Waals surface area contributed by atoms with Crippen molar-refractivity contribution in [3.63, 3.8) is 0 Å². The van der Waals surface area contributed by atoms with Crippen molar-refractivity contribution in [2.45, 2.75) is 19.8 Å². The molecule has 0 aliphatic rings. The molecular formula is C18H18N2O2. The van der Waals surface area contributed by atoms with Gasteiger partial charge in [-0.25, -0.2) is 0 Å². The molecule has 4 heteroatoms. The summed E-state index contributed by atoms with van der Waals surface area (Å²) in [5.41, 5.74) is 2.18. The summed E-state index contributed by atoms with van der Waals surface area (Å²) in [6.45, 7) is 2.64. The number of aromatic nitrogens is 2. The quantitative estimate of drug-likeness (QED) is 0.691. The van der Waals surface area contributed by atoms with Crippen LogP contribution in [-0.4, -0.2) is 16.8 Å². The summed E-state index contributed by atoms with van der Waals surface area (Å²) in [5, 5.41) is 8.00. The van der Waals surface area contributed by atoms with E-state index in [0.717, 1.165) is 24.2 Å². The van der Waals surface area contributed by atoms with Crippen LogP contribution in [0.4, 0.5) is 0 Å². The van der Waals surface area contributed by atoms with E-state index in [4.69, 9.17) is 9.15 Å². The minimum Gasteiger partial charge on any atom is -0.493 e. The Morgan fingerprint density at radius 2 is 1.73 bits per heavy atom. The molecule has 1 heterocycles. The zero-order chi connectivity index (χ0) is 15.2. The van der Waals surface area contributed by atoms with Crippen molar-refractivity contribution >= 4 is 0 Å². The van der Waals surface area contributed by atoms with Crippen molar-refractivity contribution in [2.75, 3.05) is 6.61 Å². The molecule has 0 unspecified atom stereocenters. The normalized spacial score (nSPS) is 10.6. The number of hydrogen-bond donors (Lipinski definition) is 0. The second kappa shape index (κ2) is 6.89. The molecule has 3 aromatic rings. The van der Waals surface area contributed by atoms with Crippen molar-refractivity contribution < 1.29 is 9.15 Å². The average molecular weight is 294 g/mol. The molecule has 22 heavy (non-hydrogen) atoms. The van der Waals surface area contributed by atoms with Crippen molar-refractivity contribution in [1.82, 2.24) is 10.2 Å².